The van der Waals surface area contributed by atoms with Crippen LogP contribution >= 0.6 is 23.1 Å². The molecule has 0 spiro atoms. The first-order chi connectivity index (χ1) is 12.8. The fraction of sp³-hybridized carbons (Fsp3) is 0.526. The first-order valence-electron chi connectivity index (χ1n) is 9.41. The highest BCUT2D eigenvalue weighted by Gasteiger charge is 2.22. The maximum absolute atomic E-state index is 12.7. The summed E-state index contributed by atoms with van der Waals surface area (Å²) in [5, 5.41) is 12.9. The smallest absolute Gasteiger partial charge is 0.237 e. The van der Waals surface area contributed by atoms with Crippen LogP contribution < -0.4 is 10.2 Å². The molecule has 1 amide bonds. The minimum Gasteiger partial charge on any atom is -0.357 e. The number of carbonyl (C=O) groups is 1. The summed E-state index contributed by atoms with van der Waals surface area (Å²) in [6, 6.07) is 8.75. The molecule has 138 valence electrons. The van der Waals surface area contributed by atoms with Gasteiger partial charge in [0.15, 0.2) is 4.34 Å². The van der Waals surface area contributed by atoms with E-state index in [0.717, 1.165) is 34.5 Å². The van der Waals surface area contributed by atoms with Gasteiger partial charge in [-0.3, -0.25) is 4.79 Å². The molecule has 5 nitrogen and oxygen atoms in total. The lowest BCUT2D eigenvalue weighted by Crippen LogP contribution is -2.36. The lowest BCUT2D eigenvalue weighted by Gasteiger charge is -2.29. The van der Waals surface area contributed by atoms with Crippen LogP contribution in [-0.4, -0.2) is 34.4 Å². The maximum Gasteiger partial charge on any atom is 0.237 e. The van der Waals surface area contributed by atoms with Crippen molar-refractivity contribution in [1.29, 1.82) is 0 Å². The summed E-state index contributed by atoms with van der Waals surface area (Å²) < 4.78 is 0.863. The van der Waals surface area contributed by atoms with Crippen molar-refractivity contribution in [1.82, 2.24) is 10.2 Å². The van der Waals surface area contributed by atoms with Gasteiger partial charge in [0, 0.05) is 18.3 Å². The number of hydrogen-bond acceptors (Lipinski definition) is 6. The van der Waals surface area contributed by atoms with E-state index in [1.54, 1.807) is 11.3 Å². The number of amides is 1. The normalized spacial score (nSPS) is 17.8. The summed E-state index contributed by atoms with van der Waals surface area (Å²) >= 11 is 3.05. The third kappa shape index (κ3) is 4.20. The molecule has 1 fully saturated rings. The Morgan fingerprint density at radius 2 is 2.04 bits per heavy atom. The lowest BCUT2D eigenvalue weighted by molar-refractivity contribution is -0.116. The fourth-order valence-corrected chi connectivity index (χ4v) is 5.45. The van der Waals surface area contributed by atoms with Crippen molar-refractivity contribution in [2.45, 2.75) is 55.3 Å². The fourth-order valence-electron chi connectivity index (χ4n) is 3.74. The quantitative estimate of drug-likeness (QED) is 0.772. The summed E-state index contributed by atoms with van der Waals surface area (Å²) in [6.45, 7) is 0.807. The van der Waals surface area contributed by atoms with E-state index >= 15 is 0 Å². The standard InChI is InChI=1S/C19H24N4OS2/c24-17(23-12-6-8-14-7-4-5-11-16(14)23)13-25-19-22-21-18(26-19)20-15-9-2-1-3-10-15/h4-5,7,11,15H,1-3,6,8-10,12-13H2,(H,20,21). The van der Waals surface area contributed by atoms with Gasteiger partial charge in [-0.25, -0.2) is 0 Å². The van der Waals surface area contributed by atoms with E-state index < -0.39 is 0 Å². The van der Waals surface area contributed by atoms with Crippen LogP contribution in [0.3, 0.4) is 0 Å². The molecular weight excluding hydrogens is 364 g/mol. The Balaban J connectivity index is 1.32. The molecule has 1 aromatic heterocycles. The molecule has 1 aliphatic heterocycles. The molecule has 0 atom stereocenters. The van der Waals surface area contributed by atoms with Crippen LogP contribution in [0, 0.1) is 0 Å². The van der Waals surface area contributed by atoms with Gasteiger partial charge < -0.3 is 10.2 Å². The molecule has 4 rings (SSSR count). The predicted octanol–water partition coefficient (Wildman–Crippen LogP) is 4.35. The van der Waals surface area contributed by atoms with Gasteiger partial charge in [0.25, 0.3) is 0 Å². The Kier molecular flexibility index (Phi) is 5.75. The third-order valence-electron chi connectivity index (χ3n) is 5.07. The largest absolute Gasteiger partial charge is 0.357 e. The average molecular weight is 389 g/mol. The summed E-state index contributed by atoms with van der Waals surface area (Å²) in [4.78, 5) is 14.6. The Bertz CT molecular complexity index is 758. The van der Waals surface area contributed by atoms with Crippen molar-refractivity contribution in [3.8, 4) is 0 Å². The van der Waals surface area contributed by atoms with Crippen molar-refractivity contribution in [2.24, 2.45) is 0 Å². The minimum absolute atomic E-state index is 0.152. The van der Waals surface area contributed by atoms with Gasteiger partial charge in [0.05, 0.1) is 5.75 Å². The highest BCUT2D eigenvalue weighted by molar-refractivity contribution is 8.01. The van der Waals surface area contributed by atoms with Crippen LogP contribution in [0.25, 0.3) is 0 Å². The zero-order valence-corrected chi connectivity index (χ0v) is 16.5. The van der Waals surface area contributed by atoms with Crippen molar-refractivity contribution < 1.29 is 4.79 Å². The predicted molar refractivity (Wildman–Crippen MR) is 108 cm³/mol. The highest BCUT2D eigenvalue weighted by Crippen LogP contribution is 2.31. The van der Waals surface area contributed by atoms with Gasteiger partial charge in [-0.1, -0.05) is 60.6 Å². The number of nitrogens with zero attached hydrogens (tertiary/aromatic N) is 3. The number of aryl methyl sites for hydroxylation is 1. The van der Waals surface area contributed by atoms with Crippen LogP contribution in [0.4, 0.5) is 10.8 Å². The second-order valence-corrected chi connectivity index (χ2v) is 9.12. The number of hydrogen-bond donors (Lipinski definition) is 1. The zero-order valence-electron chi connectivity index (χ0n) is 14.8. The number of carbonyl (C=O) groups excluding carboxylic acids is 1. The Hall–Kier alpha value is -1.60. The Morgan fingerprint density at radius 3 is 2.92 bits per heavy atom. The second-order valence-electron chi connectivity index (χ2n) is 6.92. The molecule has 1 aromatic carbocycles. The van der Waals surface area contributed by atoms with Gasteiger partial charge in [-0.05, 0) is 37.3 Å². The topological polar surface area (TPSA) is 58.1 Å². The number of aromatic nitrogens is 2. The average Bonchev–Trinajstić information content (AvgIpc) is 3.14. The molecular formula is C19H24N4OS2. The zero-order chi connectivity index (χ0) is 17.8. The first-order valence-corrected chi connectivity index (χ1v) is 11.2. The lowest BCUT2D eigenvalue weighted by atomic mass is 9.96. The van der Waals surface area contributed by atoms with E-state index in [0.29, 0.717) is 11.8 Å². The van der Waals surface area contributed by atoms with Crippen molar-refractivity contribution in [2.75, 3.05) is 22.5 Å². The first kappa shape index (κ1) is 17.8. The molecule has 1 N–H and O–H groups in total. The van der Waals surface area contributed by atoms with Gasteiger partial charge in [-0.15, -0.1) is 10.2 Å². The maximum atomic E-state index is 12.7. The third-order valence-corrected chi connectivity index (χ3v) is 7.04. The van der Waals surface area contributed by atoms with E-state index in [4.69, 9.17) is 0 Å². The van der Waals surface area contributed by atoms with E-state index in [9.17, 15) is 4.79 Å². The molecule has 26 heavy (non-hydrogen) atoms. The number of fused-ring (bicyclic) bond motifs is 1. The summed E-state index contributed by atoms with van der Waals surface area (Å²) in [6.07, 6.45) is 8.45. The summed E-state index contributed by atoms with van der Waals surface area (Å²) in [7, 11) is 0. The van der Waals surface area contributed by atoms with Crippen molar-refractivity contribution in [3.63, 3.8) is 0 Å². The van der Waals surface area contributed by atoms with Gasteiger partial charge >= 0.3 is 0 Å². The van der Waals surface area contributed by atoms with Crippen LogP contribution in [-0.2, 0) is 11.2 Å². The van der Waals surface area contributed by atoms with Gasteiger partial charge in [0.2, 0.25) is 11.0 Å². The molecule has 0 bridgehead atoms. The van der Waals surface area contributed by atoms with E-state index in [-0.39, 0.29) is 5.91 Å². The summed E-state index contributed by atoms with van der Waals surface area (Å²) in [5.74, 6) is 0.561. The second kappa shape index (κ2) is 8.39. The number of benzene rings is 1. The monoisotopic (exact) mass is 388 g/mol. The molecule has 2 heterocycles. The van der Waals surface area contributed by atoms with Gasteiger partial charge in [-0.2, -0.15) is 0 Å². The number of nitrogens with one attached hydrogen (secondary N) is 1. The summed E-state index contributed by atoms with van der Waals surface area (Å²) in [5.41, 5.74) is 2.34. The minimum atomic E-state index is 0.152. The molecule has 2 aromatic rings. The Labute approximate surface area is 162 Å². The molecule has 0 unspecified atom stereocenters. The number of rotatable bonds is 5. The Morgan fingerprint density at radius 1 is 1.19 bits per heavy atom. The molecule has 0 saturated heterocycles. The molecule has 1 saturated carbocycles. The molecule has 0 radical (unpaired) electrons. The van der Waals surface area contributed by atoms with E-state index in [1.807, 2.05) is 23.1 Å². The van der Waals surface area contributed by atoms with Crippen molar-refractivity contribution in [3.05, 3.63) is 29.8 Å². The molecule has 2 aliphatic rings. The van der Waals surface area contributed by atoms with E-state index in [1.165, 1.54) is 49.4 Å². The van der Waals surface area contributed by atoms with E-state index in [2.05, 4.69) is 21.6 Å². The van der Waals surface area contributed by atoms with Crippen LogP contribution in [0.5, 0.6) is 0 Å². The molecule has 7 heteroatoms. The van der Waals surface area contributed by atoms with Gasteiger partial charge in [0.1, 0.15) is 0 Å². The highest BCUT2D eigenvalue weighted by atomic mass is 32.2. The van der Waals surface area contributed by atoms with Crippen molar-refractivity contribution >= 4 is 39.8 Å². The number of anilines is 2. The van der Waals surface area contributed by atoms with Crippen LogP contribution in [0.1, 0.15) is 44.1 Å². The SMILES string of the molecule is O=C(CSc1nnc(NC2CCCCC2)s1)N1CCCc2ccccc21. The van der Waals surface area contributed by atoms with Crippen LogP contribution in [0.2, 0.25) is 0 Å². The number of para-hydroxylation sites is 1. The molecule has 1 aliphatic carbocycles. The van der Waals surface area contributed by atoms with Crippen LogP contribution in [0.15, 0.2) is 28.6 Å². The number of thioether (sulfide) groups is 1.